The van der Waals surface area contributed by atoms with Crippen molar-refractivity contribution in [2.24, 2.45) is 0 Å². The predicted octanol–water partition coefficient (Wildman–Crippen LogP) is 6.47. The van der Waals surface area contributed by atoms with Gasteiger partial charge in [-0.15, -0.1) is 0 Å². The Hall–Kier alpha value is -3.75. The molecule has 2 aromatic heterocycles. The van der Waals surface area contributed by atoms with Gasteiger partial charge in [0, 0.05) is 16.6 Å². The largest absolute Gasteiger partial charge is 0.451 e. The van der Waals surface area contributed by atoms with Crippen LogP contribution in [0.15, 0.2) is 69.5 Å². The molecule has 5 rings (SSSR count). The molecule has 164 valence electrons. The van der Waals surface area contributed by atoms with Crippen LogP contribution in [0.2, 0.25) is 5.02 Å². The number of furan rings is 1. The number of para-hydroxylation sites is 1. The fraction of sp³-hybridized carbons (Fsp3) is 0.0417. The molecule has 0 fully saturated rings. The molecule has 0 radical (unpaired) electrons. The van der Waals surface area contributed by atoms with E-state index in [1.165, 1.54) is 18.2 Å². The van der Waals surface area contributed by atoms with E-state index in [0.29, 0.717) is 27.9 Å². The molecule has 2 heterocycles. The van der Waals surface area contributed by atoms with Gasteiger partial charge in [-0.2, -0.15) is 0 Å². The zero-order chi connectivity index (χ0) is 23.1. The molecule has 0 bridgehead atoms. The number of halogens is 2. The van der Waals surface area contributed by atoms with Crippen LogP contribution >= 0.6 is 23.8 Å². The molecular formula is C24H15ClFN3O3S. The van der Waals surface area contributed by atoms with E-state index in [2.05, 4.69) is 15.6 Å². The molecule has 6 nitrogen and oxygen atoms in total. The molecule has 33 heavy (non-hydrogen) atoms. The van der Waals surface area contributed by atoms with Crippen molar-refractivity contribution < 1.29 is 18.0 Å². The highest BCUT2D eigenvalue weighted by molar-refractivity contribution is 7.80. The van der Waals surface area contributed by atoms with Crippen molar-refractivity contribution in [3.63, 3.8) is 0 Å². The highest BCUT2D eigenvalue weighted by Crippen LogP contribution is 2.31. The fourth-order valence-corrected chi connectivity index (χ4v) is 3.96. The smallest absolute Gasteiger partial charge is 0.293 e. The topological polar surface area (TPSA) is 80.3 Å². The number of nitrogens with one attached hydrogen (secondary N) is 2. The summed E-state index contributed by atoms with van der Waals surface area (Å²) in [6, 6.07) is 16.6. The van der Waals surface area contributed by atoms with Crippen molar-refractivity contribution >= 4 is 62.6 Å². The van der Waals surface area contributed by atoms with Crippen LogP contribution < -0.4 is 10.6 Å². The molecule has 5 aromatic rings. The number of hydrogen-bond acceptors (Lipinski definition) is 5. The van der Waals surface area contributed by atoms with Crippen molar-refractivity contribution in [3.8, 4) is 11.5 Å². The second kappa shape index (κ2) is 8.31. The Morgan fingerprint density at radius 2 is 1.88 bits per heavy atom. The van der Waals surface area contributed by atoms with E-state index in [1.54, 1.807) is 24.3 Å². The van der Waals surface area contributed by atoms with Gasteiger partial charge in [-0.05, 0) is 61.6 Å². The summed E-state index contributed by atoms with van der Waals surface area (Å²) in [7, 11) is 0. The van der Waals surface area contributed by atoms with Crippen LogP contribution in [0, 0.1) is 12.7 Å². The lowest BCUT2D eigenvalue weighted by Crippen LogP contribution is -2.34. The molecule has 0 saturated carbocycles. The first-order valence-corrected chi connectivity index (χ1v) is 10.6. The zero-order valence-electron chi connectivity index (χ0n) is 17.1. The number of thiocarbonyl (C=S) groups is 1. The number of aryl methyl sites for hydroxylation is 1. The van der Waals surface area contributed by atoms with E-state index in [9.17, 15) is 9.18 Å². The maximum absolute atomic E-state index is 13.3. The molecule has 0 aliphatic heterocycles. The third-order valence-corrected chi connectivity index (χ3v) is 5.60. The highest BCUT2D eigenvalue weighted by atomic mass is 35.5. The fourth-order valence-electron chi connectivity index (χ4n) is 3.50. The van der Waals surface area contributed by atoms with Crippen LogP contribution in [0.5, 0.6) is 0 Å². The second-order valence-electron chi connectivity index (χ2n) is 7.29. The summed E-state index contributed by atoms with van der Waals surface area (Å²) >= 11 is 11.4. The third-order valence-electron chi connectivity index (χ3n) is 5.08. The number of nitrogens with zero attached hydrogens (tertiary/aromatic N) is 1. The van der Waals surface area contributed by atoms with E-state index in [-0.39, 0.29) is 21.8 Å². The average molecular weight is 480 g/mol. The molecule has 0 spiro atoms. The summed E-state index contributed by atoms with van der Waals surface area (Å²) in [6.07, 6.45) is 0. The van der Waals surface area contributed by atoms with E-state index in [0.717, 1.165) is 10.9 Å². The normalized spacial score (nSPS) is 11.1. The lowest BCUT2D eigenvalue weighted by atomic mass is 10.1. The van der Waals surface area contributed by atoms with E-state index < -0.39 is 11.7 Å². The second-order valence-corrected chi connectivity index (χ2v) is 8.10. The quantitative estimate of drug-likeness (QED) is 0.289. The van der Waals surface area contributed by atoms with Gasteiger partial charge in [0.2, 0.25) is 5.89 Å². The van der Waals surface area contributed by atoms with Crippen LogP contribution in [0.1, 0.15) is 16.1 Å². The van der Waals surface area contributed by atoms with E-state index >= 15 is 0 Å². The predicted molar refractivity (Wildman–Crippen MR) is 129 cm³/mol. The number of hydrogen-bond donors (Lipinski definition) is 2. The molecule has 9 heteroatoms. The number of amides is 1. The number of carbonyl (C=O) groups excluding carboxylic acids is 1. The summed E-state index contributed by atoms with van der Waals surface area (Å²) < 4.78 is 24.7. The number of aromatic nitrogens is 1. The first kappa shape index (κ1) is 21.1. The van der Waals surface area contributed by atoms with Crippen molar-refractivity contribution in [1.29, 1.82) is 0 Å². The van der Waals surface area contributed by atoms with Crippen molar-refractivity contribution in [3.05, 3.63) is 82.8 Å². The Balaban J connectivity index is 1.33. The number of anilines is 1. The minimum absolute atomic E-state index is 0.101. The van der Waals surface area contributed by atoms with Crippen LogP contribution in [-0.4, -0.2) is 16.0 Å². The Morgan fingerprint density at radius 1 is 1.06 bits per heavy atom. The molecule has 1 amide bonds. The summed E-state index contributed by atoms with van der Waals surface area (Å²) in [4.78, 5) is 17.1. The summed E-state index contributed by atoms with van der Waals surface area (Å²) in [5.74, 6) is -0.423. The molecule has 3 aromatic carbocycles. The third kappa shape index (κ3) is 4.06. The van der Waals surface area contributed by atoms with Crippen molar-refractivity contribution in [1.82, 2.24) is 10.3 Å². The lowest BCUT2D eigenvalue weighted by Gasteiger charge is -2.08. The Bertz CT molecular complexity index is 1560. The lowest BCUT2D eigenvalue weighted by molar-refractivity contribution is 0.0952. The highest BCUT2D eigenvalue weighted by Gasteiger charge is 2.19. The maximum atomic E-state index is 13.3. The number of benzene rings is 3. The van der Waals surface area contributed by atoms with Crippen molar-refractivity contribution in [2.45, 2.75) is 6.92 Å². The van der Waals surface area contributed by atoms with Crippen LogP contribution in [0.25, 0.3) is 33.5 Å². The molecule has 0 unspecified atom stereocenters. The summed E-state index contributed by atoms with van der Waals surface area (Å²) in [5, 5.41) is 6.76. The van der Waals surface area contributed by atoms with Gasteiger partial charge in [-0.1, -0.05) is 29.8 Å². The van der Waals surface area contributed by atoms with Gasteiger partial charge < -0.3 is 14.2 Å². The van der Waals surface area contributed by atoms with Gasteiger partial charge in [0.1, 0.15) is 16.9 Å². The molecule has 0 aliphatic rings. The minimum Gasteiger partial charge on any atom is -0.451 e. The van der Waals surface area contributed by atoms with Gasteiger partial charge in [0.05, 0.1) is 10.6 Å². The Kier molecular flexibility index (Phi) is 5.32. The monoisotopic (exact) mass is 479 g/mol. The van der Waals surface area contributed by atoms with E-state index in [4.69, 9.17) is 32.7 Å². The van der Waals surface area contributed by atoms with Crippen LogP contribution in [0.4, 0.5) is 10.1 Å². The SMILES string of the molecule is Cc1c(C(=O)NC(=S)Nc2ccc3oc(-c4ccc(F)cc4Cl)nc3c2)oc2ccccc12. The average Bonchev–Trinajstić information content (AvgIpc) is 3.34. The maximum Gasteiger partial charge on any atom is 0.293 e. The van der Waals surface area contributed by atoms with Gasteiger partial charge >= 0.3 is 0 Å². The standard InChI is InChI=1S/C24H15ClFN3O3S/c1-12-15-4-2-3-5-19(15)31-21(12)22(30)29-24(33)27-14-7-9-20-18(11-14)28-23(32-20)16-8-6-13(26)10-17(16)25/h2-11H,1H3,(H2,27,29,30,33). The van der Waals surface area contributed by atoms with Crippen LogP contribution in [-0.2, 0) is 0 Å². The van der Waals surface area contributed by atoms with Gasteiger partial charge in [-0.25, -0.2) is 9.37 Å². The Morgan fingerprint density at radius 3 is 2.67 bits per heavy atom. The molecule has 0 saturated heterocycles. The van der Waals surface area contributed by atoms with Gasteiger partial charge in [0.25, 0.3) is 5.91 Å². The first-order valence-electron chi connectivity index (χ1n) is 9.85. The number of fused-ring (bicyclic) bond motifs is 2. The minimum atomic E-state index is -0.447. The van der Waals surface area contributed by atoms with E-state index in [1.807, 2.05) is 25.1 Å². The molecule has 0 aliphatic carbocycles. The van der Waals surface area contributed by atoms with Gasteiger partial charge in [0.15, 0.2) is 16.5 Å². The number of rotatable bonds is 3. The summed E-state index contributed by atoms with van der Waals surface area (Å²) in [5.41, 5.74) is 3.50. The zero-order valence-corrected chi connectivity index (χ0v) is 18.7. The molecule has 0 atom stereocenters. The summed E-state index contributed by atoms with van der Waals surface area (Å²) in [6.45, 7) is 1.82. The first-order chi connectivity index (χ1) is 15.9. The van der Waals surface area contributed by atoms with Gasteiger partial charge in [-0.3, -0.25) is 10.1 Å². The van der Waals surface area contributed by atoms with Crippen molar-refractivity contribution in [2.75, 3.05) is 5.32 Å². The molecule has 2 N–H and O–H groups in total. The number of oxazole rings is 1. The molecular weight excluding hydrogens is 465 g/mol. The van der Waals surface area contributed by atoms with Crippen LogP contribution in [0.3, 0.4) is 0 Å². The Labute approximate surface area is 197 Å². The number of carbonyl (C=O) groups is 1.